The number of amidine groups is 1. The Morgan fingerprint density at radius 1 is 0.946 bits per heavy atom. The molecule has 0 saturated carbocycles. The van der Waals surface area contributed by atoms with Gasteiger partial charge in [0.1, 0.15) is 23.9 Å². The van der Waals surface area contributed by atoms with Gasteiger partial charge in [-0.3, -0.25) is 9.69 Å². The first kappa shape index (κ1) is 24.1. The third-order valence-electron chi connectivity index (χ3n) is 5.43. The van der Waals surface area contributed by atoms with Gasteiger partial charge in [-0.25, -0.2) is 0 Å². The standard InChI is InChI=1S/C29H23N3O4S/c33-24-13-11-21(12-14-24)18-30-31-29-32(19-26-10-5-15-35-26)28(34)27(37-29)17-23-8-4-9-25(16-23)36-20-22-6-2-1-3-7-22/h1-18,33H,19-20H2/b27-17-,30-18-,31-29+. The Morgan fingerprint density at radius 2 is 1.78 bits per heavy atom. The van der Waals surface area contributed by atoms with E-state index >= 15 is 0 Å². The number of phenols is 1. The highest BCUT2D eigenvalue weighted by Crippen LogP contribution is 2.34. The molecule has 2 heterocycles. The van der Waals surface area contributed by atoms with E-state index in [2.05, 4.69) is 10.2 Å². The molecule has 8 heteroatoms. The van der Waals surface area contributed by atoms with Crippen LogP contribution in [0.2, 0.25) is 0 Å². The molecule has 184 valence electrons. The molecule has 7 nitrogen and oxygen atoms in total. The van der Waals surface area contributed by atoms with Crippen molar-refractivity contribution in [3.05, 3.63) is 125 Å². The fraction of sp³-hybridized carbons (Fsp3) is 0.0690. The summed E-state index contributed by atoms with van der Waals surface area (Å²) in [5, 5.41) is 18.4. The van der Waals surface area contributed by atoms with E-state index in [1.54, 1.807) is 47.7 Å². The molecule has 1 saturated heterocycles. The smallest absolute Gasteiger partial charge is 0.267 e. The highest BCUT2D eigenvalue weighted by Gasteiger charge is 2.34. The molecule has 3 aromatic carbocycles. The first-order valence-electron chi connectivity index (χ1n) is 11.5. The van der Waals surface area contributed by atoms with E-state index in [1.807, 2.05) is 66.7 Å². The lowest BCUT2D eigenvalue weighted by Gasteiger charge is -2.12. The molecule has 1 aromatic heterocycles. The monoisotopic (exact) mass is 509 g/mol. The molecule has 1 aliphatic rings. The van der Waals surface area contributed by atoms with Crippen molar-refractivity contribution >= 4 is 35.1 Å². The summed E-state index contributed by atoms with van der Waals surface area (Å²) in [4.78, 5) is 15.4. The van der Waals surface area contributed by atoms with Gasteiger partial charge in [-0.15, -0.1) is 5.10 Å². The van der Waals surface area contributed by atoms with Crippen LogP contribution in [0.25, 0.3) is 6.08 Å². The molecule has 0 unspecified atom stereocenters. The first-order chi connectivity index (χ1) is 18.1. The molecular weight excluding hydrogens is 486 g/mol. The molecule has 1 N–H and O–H groups in total. The van der Waals surface area contributed by atoms with Crippen molar-refractivity contribution in [1.82, 2.24) is 4.90 Å². The maximum atomic E-state index is 13.3. The zero-order valence-corrected chi connectivity index (χ0v) is 20.5. The number of hydrogen-bond acceptors (Lipinski definition) is 7. The lowest BCUT2D eigenvalue weighted by Crippen LogP contribution is -2.28. The molecule has 0 atom stereocenters. The van der Waals surface area contributed by atoms with Crippen molar-refractivity contribution in [2.24, 2.45) is 10.2 Å². The molecule has 0 radical (unpaired) electrons. The van der Waals surface area contributed by atoms with E-state index < -0.39 is 0 Å². The minimum absolute atomic E-state index is 0.175. The molecule has 1 amide bonds. The van der Waals surface area contributed by atoms with Gasteiger partial charge in [0.15, 0.2) is 5.17 Å². The van der Waals surface area contributed by atoms with Crippen LogP contribution >= 0.6 is 11.8 Å². The fourth-order valence-corrected chi connectivity index (χ4v) is 4.51. The van der Waals surface area contributed by atoms with Gasteiger partial charge in [-0.1, -0.05) is 42.5 Å². The molecule has 0 aliphatic carbocycles. The number of nitrogens with zero attached hydrogens (tertiary/aromatic N) is 3. The van der Waals surface area contributed by atoms with Crippen molar-refractivity contribution < 1.29 is 19.1 Å². The summed E-state index contributed by atoms with van der Waals surface area (Å²) in [6.07, 6.45) is 4.96. The predicted octanol–water partition coefficient (Wildman–Crippen LogP) is 6.07. The third kappa shape index (κ3) is 6.36. The van der Waals surface area contributed by atoms with Crippen LogP contribution in [0.4, 0.5) is 0 Å². The topological polar surface area (TPSA) is 87.6 Å². The lowest BCUT2D eigenvalue weighted by atomic mass is 10.2. The number of carbonyl (C=O) groups excluding carboxylic acids is 1. The van der Waals surface area contributed by atoms with E-state index in [4.69, 9.17) is 9.15 Å². The number of hydrogen-bond donors (Lipinski definition) is 1. The summed E-state index contributed by atoms with van der Waals surface area (Å²) in [6.45, 7) is 0.700. The van der Waals surface area contributed by atoms with Gasteiger partial charge in [0.2, 0.25) is 0 Å². The summed E-state index contributed by atoms with van der Waals surface area (Å²) in [6, 6.07) is 27.7. The Morgan fingerprint density at radius 3 is 2.57 bits per heavy atom. The fourth-order valence-electron chi connectivity index (χ4n) is 3.57. The molecule has 37 heavy (non-hydrogen) atoms. The van der Waals surface area contributed by atoms with Crippen LogP contribution < -0.4 is 4.74 Å². The Bertz CT molecular complexity index is 1450. The van der Waals surface area contributed by atoms with Crippen LogP contribution in [0.15, 0.2) is 117 Å². The summed E-state index contributed by atoms with van der Waals surface area (Å²) in [5.74, 6) is 1.35. The summed E-state index contributed by atoms with van der Waals surface area (Å²) in [7, 11) is 0. The van der Waals surface area contributed by atoms with Crippen LogP contribution in [-0.4, -0.2) is 27.3 Å². The van der Waals surface area contributed by atoms with E-state index in [1.165, 1.54) is 11.8 Å². The number of aromatic hydroxyl groups is 1. The van der Waals surface area contributed by atoms with Crippen LogP contribution in [-0.2, 0) is 17.9 Å². The van der Waals surface area contributed by atoms with Crippen molar-refractivity contribution in [3.63, 3.8) is 0 Å². The van der Waals surface area contributed by atoms with Crippen LogP contribution in [0.3, 0.4) is 0 Å². The molecule has 1 aliphatic heterocycles. The Kier molecular flexibility index (Phi) is 7.47. The van der Waals surface area contributed by atoms with Gasteiger partial charge in [0, 0.05) is 0 Å². The van der Waals surface area contributed by atoms with E-state index in [-0.39, 0.29) is 18.2 Å². The maximum Gasteiger partial charge on any atom is 0.267 e. The SMILES string of the molecule is O=C1/C(=C/c2cccc(OCc3ccccc3)c2)S/C(=N/N=C\c2ccc(O)cc2)N1Cc1ccco1. The van der Waals surface area contributed by atoms with Crippen molar-refractivity contribution in [3.8, 4) is 11.5 Å². The highest BCUT2D eigenvalue weighted by molar-refractivity contribution is 8.18. The third-order valence-corrected chi connectivity index (χ3v) is 6.43. The minimum Gasteiger partial charge on any atom is -0.508 e. The van der Waals surface area contributed by atoms with Gasteiger partial charge in [-0.2, -0.15) is 5.10 Å². The quantitative estimate of drug-likeness (QED) is 0.177. The van der Waals surface area contributed by atoms with E-state index in [9.17, 15) is 9.90 Å². The zero-order valence-electron chi connectivity index (χ0n) is 19.7. The second kappa shape index (κ2) is 11.5. The molecule has 0 bridgehead atoms. The van der Waals surface area contributed by atoms with Crippen LogP contribution in [0.1, 0.15) is 22.5 Å². The van der Waals surface area contributed by atoms with E-state index in [0.717, 1.165) is 16.7 Å². The number of benzene rings is 3. The molecule has 5 rings (SSSR count). The normalized spacial score (nSPS) is 15.8. The Balaban J connectivity index is 1.36. The number of carbonyl (C=O) groups is 1. The molecule has 4 aromatic rings. The number of rotatable bonds is 8. The number of furan rings is 1. The first-order valence-corrected chi connectivity index (χ1v) is 12.4. The van der Waals surface area contributed by atoms with Gasteiger partial charge >= 0.3 is 0 Å². The summed E-state index contributed by atoms with van der Waals surface area (Å²) < 4.78 is 11.4. The number of phenolic OH excluding ortho intramolecular Hbond substituents is 1. The average Bonchev–Trinajstić information content (AvgIpc) is 3.54. The van der Waals surface area contributed by atoms with Crippen LogP contribution in [0.5, 0.6) is 11.5 Å². The van der Waals surface area contributed by atoms with Crippen LogP contribution in [0, 0.1) is 0 Å². The largest absolute Gasteiger partial charge is 0.508 e. The Hall–Kier alpha value is -4.56. The average molecular weight is 510 g/mol. The van der Waals surface area contributed by atoms with E-state index in [0.29, 0.717) is 28.2 Å². The molecular formula is C29H23N3O4S. The predicted molar refractivity (Wildman–Crippen MR) is 145 cm³/mol. The molecule has 0 spiro atoms. The summed E-state index contributed by atoms with van der Waals surface area (Å²) in [5.41, 5.74) is 2.69. The van der Waals surface area contributed by atoms with Crippen molar-refractivity contribution in [2.45, 2.75) is 13.2 Å². The lowest BCUT2D eigenvalue weighted by molar-refractivity contribution is -0.122. The number of thioether (sulfide) groups is 1. The Labute approximate surface area is 218 Å². The van der Waals surface area contributed by atoms with Gasteiger partial charge < -0.3 is 14.3 Å². The highest BCUT2D eigenvalue weighted by atomic mass is 32.2. The number of amides is 1. The van der Waals surface area contributed by atoms with Gasteiger partial charge in [0.25, 0.3) is 5.91 Å². The minimum atomic E-state index is -0.185. The second-order valence-electron chi connectivity index (χ2n) is 8.15. The van der Waals surface area contributed by atoms with Gasteiger partial charge in [-0.05, 0) is 83.1 Å². The number of ether oxygens (including phenoxy) is 1. The van der Waals surface area contributed by atoms with Crippen molar-refractivity contribution in [2.75, 3.05) is 0 Å². The summed E-state index contributed by atoms with van der Waals surface area (Å²) >= 11 is 1.25. The van der Waals surface area contributed by atoms with Crippen molar-refractivity contribution in [1.29, 1.82) is 0 Å². The maximum absolute atomic E-state index is 13.3. The van der Waals surface area contributed by atoms with Gasteiger partial charge in [0.05, 0.1) is 23.9 Å². The second-order valence-corrected chi connectivity index (χ2v) is 9.16. The zero-order chi connectivity index (χ0) is 25.5. The molecule has 1 fully saturated rings.